The van der Waals surface area contributed by atoms with E-state index in [1.807, 2.05) is 0 Å². The lowest BCUT2D eigenvalue weighted by molar-refractivity contribution is -0.120. The highest BCUT2D eigenvalue weighted by Gasteiger charge is 2.31. The summed E-state index contributed by atoms with van der Waals surface area (Å²) in [6.07, 6.45) is 2.84. The van der Waals surface area contributed by atoms with Crippen molar-refractivity contribution in [3.05, 3.63) is 24.3 Å². The molecule has 0 radical (unpaired) electrons. The lowest BCUT2D eigenvalue weighted by atomic mass is 9.95. The Morgan fingerprint density at radius 1 is 1.35 bits per heavy atom. The maximum Gasteiger partial charge on any atom is 0.387 e. The summed E-state index contributed by atoms with van der Waals surface area (Å²) in [4.78, 5) is 12.1. The minimum absolute atomic E-state index is 0.0551. The average molecular weight is 284 g/mol. The van der Waals surface area contributed by atoms with Crippen LogP contribution in [-0.4, -0.2) is 19.1 Å². The van der Waals surface area contributed by atoms with Crippen LogP contribution in [-0.2, 0) is 4.79 Å². The van der Waals surface area contributed by atoms with Crippen molar-refractivity contribution in [1.29, 1.82) is 0 Å². The molecule has 2 rings (SSSR count). The van der Waals surface area contributed by atoms with E-state index in [4.69, 9.17) is 5.73 Å². The Morgan fingerprint density at radius 2 is 2.05 bits per heavy atom. The first-order valence-electron chi connectivity index (χ1n) is 6.66. The number of benzene rings is 1. The predicted molar refractivity (Wildman–Crippen MR) is 71.6 cm³/mol. The molecule has 1 fully saturated rings. The van der Waals surface area contributed by atoms with Gasteiger partial charge in [0.25, 0.3) is 0 Å². The van der Waals surface area contributed by atoms with Gasteiger partial charge in [-0.1, -0.05) is 6.42 Å². The molecule has 2 atom stereocenters. The van der Waals surface area contributed by atoms with Gasteiger partial charge in [0.05, 0.1) is 0 Å². The van der Waals surface area contributed by atoms with Crippen molar-refractivity contribution in [2.45, 2.75) is 25.9 Å². The second kappa shape index (κ2) is 6.65. The van der Waals surface area contributed by atoms with Gasteiger partial charge in [0.2, 0.25) is 5.91 Å². The van der Waals surface area contributed by atoms with Gasteiger partial charge in [0.15, 0.2) is 0 Å². The molecule has 0 saturated heterocycles. The number of ether oxygens (including phenoxy) is 1. The summed E-state index contributed by atoms with van der Waals surface area (Å²) in [5.41, 5.74) is 6.22. The first kappa shape index (κ1) is 14.7. The Morgan fingerprint density at radius 3 is 2.65 bits per heavy atom. The van der Waals surface area contributed by atoms with Gasteiger partial charge < -0.3 is 15.8 Å². The molecular weight excluding hydrogens is 266 g/mol. The van der Waals surface area contributed by atoms with E-state index >= 15 is 0 Å². The van der Waals surface area contributed by atoms with Gasteiger partial charge in [-0.25, -0.2) is 0 Å². The fourth-order valence-electron chi connectivity index (χ4n) is 2.62. The molecule has 6 heteroatoms. The highest BCUT2D eigenvalue weighted by atomic mass is 19.3. The fraction of sp³-hybridized carbons (Fsp3) is 0.500. The maximum absolute atomic E-state index is 12.1. The van der Waals surface area contributed by atoms with Crippen molar-refractivity contribution in [1.82, 2.24) is 0 Å². The molecule has 1 saturated carbocycles. The van der Waals surface area contributed by atoms with Crippen LogP contribution in [0.5, 0.6) is 5.75 Å². The van der Waals surface area contributed by atoms with E-state index in [1.165, 1.54) is 12.1 Å². The van der Waals surface area contributed by atoms with Crippen molar-refractivity contribution in [3.63, 3.8) is 0 Å². The van der Waals surface area contributed by atoms with Gasteiger partial charge >= 0.3 is 6.61 Å². The summed E-state index contributed by atoms with van der Waals surface area (Å²) in [6, 6.07) is 5.89. The number of rotatable bonds is 5. The van der Waals surface area contributed by atoms with Crippen LogP contribution in [0.2, 0.25) is 0 Å². The lowest BCUT2D eigenvalue weighted by Gasteiger charge is -2.17. The molecule has 3 N–H and O–H groups in total. The van der Waals surface area contributed by atoms with E-state index in [-0.39, 0.29) is 23.5 Å². The molecule has 2 unspecified atom stereocenters. The second-order valence-electron chi connectivity index (χ2n) is 4.93. The van der Waals surface area contributed by atoms with Gasteiger partial charge in [0, 0.05) is 11.6 Å². The van der Waals surface area contributed by atoms with Crippen LogP contribution in [0.1, 0.15) is 19.3 Å². The highest BCUT2D eigenvalue weighted by Crippen LogP contribution is 2.32. The molecule has 1 aliphatic rings. The summed E-state index contributed by atoms with van der Waals surface area (Å²) >= 11 is 0. The van der Waals surface area contributed by atoms with Crippen LogP contribution >= 0.6 is 0 Å². The van der Waals surface area contributed by atoms with Crippen molar-refractivity contribution >= 4 is 11.6 Å². The largest absolute Gasteiger partial charge is 0.435 e. The van der Waals surface area contributed by atoms with Crippen molar-refractivity contribution in [2.75, 3.05) is 11.9 Å². The Balaban J connectivity index is 1.94. The van der Waals surface area contributed by atoms with Gasteiger partial charge in [0.1, 0.15) is 5.75 Å². The van der Waals surface area contributed by atoms with E-state index in [0.717, 1.165) is 19.3 Å². The zero-order chi connectivity index (χ0) is 14.5. The third-order valence-electron chi connectivity index (χ3n) is 3.65. The van der Waals surface area contributed by atoms with E-state index in [0.29, 0.717) is 12.2 Å². The number of hydrogen-bond acceptors (Lipinski definition) is 3. The molecule has 1 aliphatic carbocycles. The smallest absolute Gasteiger partial charge is 0.387 e. The molecule has 1 amide bonds. The molecule has 0 bridgehead atoms. The number of nitrogens with two attached hydrogens (primary N) is 1. The third kappa shape index (κ3) is 3.66. The highest BCUT2D eigenvalue weighted by molar-refractivity contribution is 5.93. The van der Waals surface area contributed by atoms with Crippen LogP contribution in [0.15, 0.2) is 24.3 Å². The second-order valence-corrected chi connectivity index (χ2v) is 4.93. The van der Waals surface area contributed by atoms with Crippen LogP contribution in [0.4, 0.5) is 14.5 Å². The number of carbonyl (C=O) groups excluding carboxylic acids is 1. The molecule has 1 aromatic rings. The van der Waals surface area contributed by atoms with E-state index < -0.39 is 6.61 Å². The zero-order valence-corrected chi connectivity index (χ0v) is 11.0. The first-order valence-corrected chi connectivity index (χ1v) is 6.66. The van der Waals surface area contributed by atoms with Crippen molar-refractivity contribution < 1.29 is 18.3 Å². The first-order chi connectivity index (χ1) is 9.60. The summed E-state index contributed by atoms with van der Waals surface area (Å²) in [7, 11) is 0. The Kier molecular flexibility index (Phi) is 4.89. The van der Waals surface area contributed by atoms with Gasteiger partial charge in [-0.05, 0) is 49.6 Å². The summed E-state index contributed by atoms with van der Waals surface area (Å²) in [5.74, 6) is 0.188. The van der Waals surface area contributed by atoms with Gasteiger partial charge in [-0.15, -0.1) is 0 Å². The Bertz CT molecular complexity index is 451. The van der Waals surface area contributed by atoms with Gasteiger partial charge in [-0.3, -0.25) is 4.79 Å². The SMILES string of the molecule is NCC1CCCC1C(=O)Nc1ccc(OC(F)F)cc1. The van der Waals surface area contributed by atoms with Crippen molar-refractivity contribution in [3.8, 4) is 5.75 Å². The fourth-order valence-corrected chi connectivity index (χ4v) is 2.62. The summed E-state index contributed by atoms with van der Waals surface area (Å²) in [6.45, 7) is -2.33. The maximum atomic E-state index is 12.1. The Labute approximate surface area is 116 Å². The minimum atomic E-state index is -2.85. The third-order valence-corrected chi connectivity index (χ3v) is 3.65. The molecule has 4 nitrogen and oxygen atoms in total. The standard InChI is InChI=1S/C14H18F2N2O2/c15-14(16)20-11-6-4-10(5-7-11)18-13(19)12-3-1-2-9(12)8-17/h4-7,9,12,14H,1-3,8,17H2,(H,18,19). The van der Waals surface area contributed by atoms with Crippen LogP contribution in [0, 0.1) is 11.8 Å². The zero-order valence-electron chi connectivity index (χ0n) is 11.0. The lowest BCUT2D eigenvalue weighted by Crippen LogP contribution is -2.29. The molecule has 0 aliphatic heterocycles. The number of amides is 1. The minimum Gasteiger partial charge on any atom is -0.435 e. The number of anilines is 1. The molecule has 0 heterocycles. The number of halogens is 2. The summed E-state index contributed by atoms with van der Waals surface area (Å²) in [5, 5.41) is 2.79. The topological polar surface area (TPSA) is 64.4 Å². The van der Waals surface area contributed by atoms with Crippen LogP contribution in [0.3, 0.4) is 0 Å². The number of carbonyl (C=O) groups is 1. The predicted octanol–water partition coefficient (Wildman–Crippen LogP) is 2.60. The molecule has 110 valence electrons. The Hall–Kier alpha value is -1.69. The summed E-state index contributed by atoms with van der Waals surface area (Å²) < 4.78 is 28.3. The molecular formula is C14H18F2N2O2. The number of nitrogens with one attached hydrogen (secondary N) is 1. The molecule has 1 aromatic carbocycles. The normalized spacial score (nSPS) is 22.0. The van der Waals surface area contributed by atoms with E-state index in [9.17, 15) is 13.6 Å². The molecule has 0 aromatic heterocycles. The van der Waals surface area contributed by atoms with Gasteiger partial charge in [-0.2, -0.15) is 8.78 Å². The van der Waals surface area contributed by atoms with Crippen LogP contribution < -0.4 is 15.8 Å². The molecule has 20 heavy (non-hydrogen) atoms. The van der Waals surface area contributed by atoms with E-state index in [1.54, 1.807) is 12.1 Å². The van der Waals surface area contributed by atoms with Crippen molar-refractivity contribution in [2.24, 2.45) is 17.6 Å². The average Bonchev–Trinajstić information content (AvgIpc) is 2.89. The number of alkyl halides is 2. The number of hydrogen-bond donors (Lipinski definition) is 2. The quantitative estimate of drug-likeness (QED) is 0.873. The molecule has 0 spiro atoms. The van der Waals surface area contributed by atoms with Crippen LogP contribution in [0.25, 0.3) is 0 Å². The van der Waals surface area contributed by atoms with E-state index in [2.05, 4.69) is 10.1 Å². The monoisotopic (exact) mass is 284 g/mol.